The maximum absolute atomic E-state index is 3.60. The van der Waals surface area contributed by atoms with Crippen LogP contribution in [0.3, 0.4) is 0 Å². The summed E-state index contributed by atoms with van der Waals surface area (Å²) in [4.78, 5) is 0. The molecule has 0 bridgehead atoms. The van der Waals surface area contributed by atoms with Crippen LogP contribution >= 0.6 is 0 Å². The Balaban J connectivity index is -0.000000629. The molecule has 281 valence electrons. The number of benzene rings is 4. The average Bonchev–Trinajstić information content (AvgIpc) is 3.77. The topological polar surface area (TPSA) is 0 Å². The summed E-state index contributed by atoms with van der Waals surface area (Å²) in [5, 5.41) is 5.37. The minimum atomic E-state index is 0. The molecule has 0 spiro atoms. The van der Waals surface area contributed by atoms with E-state index in [0.717, 1.165) is 25.7 Å². The quantitative estimate of drug-likeness (QED) is 0.146. The van der Waals surface area contributed by atoms with Crippen molar-refractivity contribution in [1.82, 2.24) is 0 Å². The van der Waals surface area contributed by atoms with E-state index >= 15 is 0 Å². The molecule has 0 aliphatic rings. The zero-order valence-corrected chi connectivity index (χ0v) is 39.5. The first-order chi connectivity index (χ1) is 24.8. The van der Waals surface area contributed by atoms with Crippen LogP contribution in [0.5, 0.6) is 0 Å². The van der Waals surface area contributed by atoms with Crippen LogP contribution in [0.4, 0.5) is 0 Å². The van der Waals surface area contributed by atoms with E-state index in [0.29, 0.717) is 0 Å². The summed E-state index contributed by atoms with van der Waals surface area (Å²) in [6.45, 7) is 31.2. The van der Waals surface area contributed by atoms with Crippen molar-refractivity contribution in [3.63, 3.8) is 0 Å². The largest absolute Gasteiger partial charge is 4.00 e. The van der Waals surface area contributed by atoms with Crippen molar-refractivity contribution in [3.05, 3.63) is 167 Å². The summed E-state index contributed by atoms with van der Waals surface area (Å²) < 4.78 is 0. The molecule has 1 radical (unpaired) electrons. The van der Waals surface area contributed by atoms with Gasteiger partial charge in [0.05, 0.1) is 0 Å². The summed E-state index contributed by atoms with van der Waals surface area (Å²) >= 11 is 0. The van der Waals surface area contributed by atoms with Gasteiger partial charge in [0.15, 0.2) is 0 Å². The zero-order valence-electron chi connectivity index (χ0n) is 34.6. The molecule has 0 saturated heterocycles. The van der Waals surface area contributed by atoms with Crippen LogP contribution in [0.2, 0.25) is 0 Å². The van der Waals surface area contributed by atoms with Crippen molar-refractivity contribution >= 4 is 21.5 Å². The Hall–Kier alpha value is -2.13. The molecule has 0 saturated carbocycles. The fourth-order valence-corrected chi connectivity index (χ4v) is 4.51. The normalized spacial score (nSPS) is 9.13. The minimum Gasteiger partial charge on any atom is -0.343 e. The maximum atomic E-state index is 3.60. The SMILES string of the molecule is C[CH-]C.Cc1cc2c(-c3ccccc3)cccc2[cH-]1.Cc1cc2c(-c3ccccc3)cccc2[cH-]1.[CH2-]CCC.[CH2-]CCC.[CH2-]CCC.[CH2-]CCC.[Zr+3].[Zr+4]. The molecule has 0 unspecified atom stereocenters. The molecule has 2 heteroatoms. The number of unbranched alkanes of at least 4 members (excludes halogenated alkanes) is 4. The third kappa shape index (κ3) is 23.4. The molecule has 53 heavy (non-hydrogen) atoms. The summed E-state index contributed by atoms with van der Waals surface area (Å²) in [6, 6.07) is 43.1. The fourth-order valence-electron chi connectivity index (χ4n) is 4.51. The van der Waals surface area contributed by atoms with Crippen molar-refractivity contribution < 1.29 is 52.4 Å². The van der Waals surface area contributed by atoms with Crippen LogP contribution in [-0.2, 0) is 52.4 Å². The van der Waals surface area contributed by atoms with Gasteiger partial charge in [-0.05, 0) is 11.1 Å². The van der Waals surface area contributed by atoms with Crippen LogP contribution in [0.15, 0.2) is 121 Å². The summed E-state index contributed by atoms with van der Waals surface area (Å²) in [6.07, 6.45) is 11.1. The van der Waals surface area contributed by atoms with Crippen molar-refractivity contribution in [1.29, 1.82) is 0 Å². The van der Waals surface area contributed by atoms with E-state index in [4.69, 9.17) is 0 Å². The molecule has 0 heterocycles. The third-order valence-corrected chi connectivity index (χ3v) is 7.37. The Labute approximate surface area is 366 Å². The van der Waals surface area contributed by atoms with E-state index in [2.05, 4.69) is 191 Å². The van der Waals surface area contributed by atoms with Crippen LogP contribution in [0.1, 0.15) is 104 Å². The first kappa shape index (κ1) is 55.2. The molecule has 6 aromatic rings. The number of hydrogen-bond donors (Lipinski definition) is 0. The first-order valence-electron chi connectivity index (χ1n) is 19.1. The number of rotatable bonds is 6. The predicted molar refractivity (Wildman–Crippen MR) is 236 cm³/mol. The predicted octanol–water partition coefficient (Wildman–Crippen LogP) is 16.8. The Morgan fingerprint density at radius 3 is 0.981 bits per heavy atom. The second-order valence-corrected chi connectivity index (χ2v) is 12.4. The molecule has 0 fully saturated rings. The zero-order chi connectivity index (χ0) is 38.3. The van der Waals surface area contributed by atoms with Crippen LogP contribution in [0.25, 0.3) is 43.8 Å². The second-order valence-electron chi connectivity index (χ2n) is 12.4. The van der Waals surface area contributed by atoms with Gasteiger partial charge in [-0.3, -0.25) is 0 Å². The van der Waals surface area contributed by atoms with Gasteiger partial charge in [-0.1, -0.05) is 151 Å². The number of hydrogen-bond acceptors (Lipinski definition) is 0. The smallest absolute Gasteiger partial charge is 0.343 e. The van der Waals surface area contributed by atoms with Gasteiger partial charge >= 0.3 is 52.4 Å². The maximum Gasteiger partial charge on any atom is 4.00 e. The molecule has 0 aliphatic carbocycles. The molecule has 0 N–H and O–H groups in total. The van der Waals surface area contributed by atoms with Gasteiger partial charge in [0.1, 0.15) is 0 Å². The molecule has 0 atom stereocenters. The Kier molecular flexibility index (Phi) is 38.4. The van der Waals surface area contributed by atoms with Gasteiger partial charge in [0.2, 0.25) is 0 Å². The van der Waals surface area contributed by atoms with E-state index < -0.39 is 0 Å². The monoisotopic (exact) mass is 861 g/mol. The second kappa shape index (κ2) is 36.8. The summed E-state index contributed by atoms with van der Waals surface area (Å²) in [5.41, 5.74) is 7.89. The van der Waals surface area contributed by atoms with Gasteiger partial charge < -0.3 is 34.1 Å². The number of aryl methyl sites for hydroxylation is 2. The molecule has 0 aliphatic heterocycles. The van der Waals surface area contributed by atoms with Crippen LogP contribution in [0, 0.1) is 48.0 Å². The van der Waals surface area contributed by atoms with Gasteiger partial charge in [0, 0.05) is 0 Å². The first-order valence-corrected chi connectivity index (χ1v) is 19.1. The van der Waals surface area contributed by atoms with Gasteiger partial charge in [-0.2, -0.15) is 51.7 Å². The van der Waals surface area contributed by atoms with Gasteiger partial charge in [0.25, 0.3) is 0 Å². The average molecular weight is 865 g/mol. The Morgan fingerprint density at radius 1 is 0.472 bits per heavy atom. The molecule has 6 aromatic carbocycles. The van der Waals surface area contributed by atoms with Gasteiger partial charge in [-0.25, -0.2) is 0 Å². The minimum absolute atomic E-state index is 0. The van der Waals surface area contributed by atoms with E-state index in [9.17, 15) is 0 Å². The summed E-state index contributed by atoms with van der Waals surface area (Å²) in [7, 11) is 0. The van der Waals surface area contributed by atoms with E-state index in [-0.39, 0.29) is 52.4 Å². The fraction of sp³-hybridized carbons (Fsp3) is 0.314. The Bertz CT molecular complexity index is 1480. The van der Waals surface area contributed by atoms with E-state index in [1.165, 1.54) is 80.6 Å². The van der Waals surface area contributed by atoms with E-state index in [1.807, 2.05) is 20.3 Å². The van der Waals surface area contributed by atoms with Gasteiger partial charge in [-0.15, -0.1) is 69.1 Å². The van der Waals surface area contributed by atoms with Crippen molar-refractivity contribution in [2.45, 2.75) is 107 Å². The molecule has 0 nitrogen and oxygen atoms in total. The van der Waals surface area contributed by atoms with Crippen LogP contribution < -0.4 is 0 Å². The van der Waals surface area contributed by atoms with Crippen molar-refractivity contribution in [3.8, 4) is 22.3 Å². The number of fused-ring (bicyclic) bond motifs is 2. The van der Waals surface area contributed by atoms with Crippen molar-refractivity contribution in [2.24, 2.45) is 0 Å². The Morgan fingerprint density at radius 2 is 0.736 bits per heavy atom. The third-order valence-electron chi connectivity index (χ3n) is 7.37. The summed E-state index contributed by atoms with van der Waals surface area (Å²) in [5.74, 6) is 0. The van der Waals surface area contributed by atoms with Crippen molar-refractivity contribution in [2.75, 3.05) is 0 Å². The molecule has 6 rings (SSSR count). The van der Waals surface area contributed by atoms with Crippen LogP contribution in [-0.4, -0.2) is 0 Å². The molecular weight excluding hydrogens is 795 g/mol. The van der Waals surface area contributed by atoms with E-state index in [1.54, 1.807) is 0 Å². The molecule has 0 amide bonds. The molecular formula is C51H69Zr2. The molecule has 0 aromatic heterocycles. The standard InChI is InChI=1S/2C16H13.4C4H9.C3H7.2Zr/c2*1-12-10-14-8-5-9-15(16(14)11-12)13-6-3-2-4-7-13;4*1-3-4-2;1-3-2;;/h2*2-11H,1H3;4*1,3-4H2,2H3;3H,1-2H3;;/q7*-1;+3;+4.